The molecule has 0 aliphatic carbocycles. The molecule has 0 saturated carbocycles. The number of anilines is 1. The normalized spacial score (nSPS) is 10.3. The van der Waals surface area contributed by atoms with Gasteiger partial charge in [-0.15, -0.1) is 0 Å². The van der Waals surface area contributed by atoms with Crippen LogP contribution in [0.2, 0.25) is 5.02 Å². The van der Waals surface area contributed by atoms with Crippen LogP contribution in [0.3, 0.4) is 0 Å². The van der Waals surface area contributed by atoms with Crippen molar-refractivity contribution in [1.29, 1.82) is 5.26 Å². The van der Waals surface area contributed by atoms with E-state index >= 15 is 0 Å². The Labute approximate surface area is 119 Å². The molecule has 0 aliphatic rings. The van der Waals surface area contributed by atoms with E-state index in [9.17, 15) is 8.78 Å². The highest BCUT2D eigenvalue weighted by molar-refractivity contribution is 6.33. The zero-order valence-corrected chi connectivity index (χ0v) is 11.0. The van der Waals surface area contributed by atoms with Gasteiger partial charge in [-0.05, 0) is 11.6 Å². The molecule has 1 aromatic carbocycles. The number of nitrogens with zero attached hydrogens (tertiary/aromatic N) is 2. The van der Waals surface area contributed by atoms with Crippen molar-refractivity contribution in [3.05, 3.63) is 58.2 Å². The first-order valence-corrected chi connectivity index (χ1v) is 6.14. The Kier molecular flexibility index (Phi) is 4.49. The van der Waals surface area contributed by atoms with E-state index < -0.39 is 6.43 Å². The molecule has 20 heavy (non-hydrogen) atoms. The lowest BCUT2D eigenvalue weighted by atomic mass is 10.1. The Morgan fingerprint density at radius 2 is 2.00 bits per heavy atom. The fourth-order valence-electron chi connectivity index (χ4n) is 1.60. The van der Waals surface area contributed by atoms with E-state index in [-0.39, 0.29) is 5.56 Å². The predicted molar refractivity (Wildman–Crippen MR) is 72.7 cm³/mol. The number of nitriles is 1. The van der Waals surface area contributed by atoms with Crippen molar-refractivity contribution < 1.29 is 8.78 Å². The Morgan fingerprint density at radius 3 is 2.55 bits per heavy atom. The average molecular weight is 294 g/mol. The van der Waals surface area contributed by atoms with Gasteiger partial charge in [0.25, 0.3) is 6.43 Å². The quantitative estimate of drug-likeness (QED) is 0.921. The van der Waals surface area contributed by atoms with Crippen LogP contribution < -0.4 is 5.32 Å². The van der Waals surface area contributed by atoms with Crippen LogP contribution in [0.1, 0.15) is 23.1 Å². The van der Waals surface area contributed by atoms with Gasteiger partial charge in [0.2, 0.25) is 0 Å². The molecule has 3 nitrogen and oxygen atoms in total. The molecule has 102 valence electrons. The minimum Gasteiger partial charge on any atom is -0.365 e. The molecule has 0 amide bonds. The van der Waals surface area contributed by atoms with Crippen molar-refractivity contribution >= 4 is 17.4 Å². The standard InChI is InChI=1S/C14H10ClF2N3/c15-12-5-10(6-18)8-20-14(12)19-7-9-1-3-11(4-2-9)13(16)17/h1-5,8,13H,7H2,(H,19,20). The Bertz CT molecular complexity index is 636. The van der Waals surface area contributed by atoms with Crippen molar-refractivity contribution in [3.63, 3.8) is 0 Å². The third kappa shape index (κ3) is 3.43. The Morgan fingerprint density at radius 1 is 1.30 bits per heavy atom. The second-order valence-electron chi connectivity index (χ2n) is 4.06. The van der Waals surface area contributed by atoms with E-state index in [1.807, 2.05) is 6.07 Å². The summed E-state index contributed by atoms with van der Waals surface area (Å²) in [5, 5.41) is 12.0. The zero-order chi connectivity index (χ0) is 14.5. The second kappa shape index (κ2) is 6.31. The molecule has 0 saturated heterocycles. The second-order valence-corrected chi connectivity index (χ2v) is 4.47. The number of nitrogens with one attached hydrogen (secondary N) is 1. The van der Waals surface area contributed by atoms with E-state index in [1.165, 1.54) is 24.4 Å². The largest absolute Gasteiger partial charge is 0.365 e. The van der Waals surface area contributed by atoms with Gasteiger partial charge in [0, 0.05) is 18.3 Å². The molecule has 6 heteroatoms. The van der Waals surface area contributed by atoms with E-state index in [0.29, 0.717) is 22.9 Å². The smallest absolute Gasteiger partial charge is 0.263 e. The summed E-state index contributed by atoms with van der Waals surface area (Å²) in [6.45, 7) is 0.405. The molecule has 1 heterocycles. The van der Waals surface area contributed by atoms with Gasteiger partial charge in [0.15, 0.2) is 0 Å². The molecule has 0 unspecified atom stereocenters. The molecule has 0 fully saturated rings. The van der Waals surface area contributed by atoms with E-state index in [1.54, 1.807) is 12.1 Å². The van der Waals surface area contributed by atoms with Crippen LogP contribution in [0.15, 0.2) is 36.5 Å². The average Bonchev–Trinajstić information content (AvgIpc) is 2.46. The topological polar surface area (TPSA) is 48.7 Å². The molecule has 0 spiro atoms. The molecule has 1 N–H and O–H groups in total. The van der Waals surface area contributed by atoms with Gasteiger partial charge in [-0.25, -0.2) is 13.8 Å². The fraction of sp³-hybridized carbons (Fsp3) is 0.143. The van der Waals surface area contributed by atoms with Crippen LogP contribution in [0.5, 0.6) is 0 Å². The first-order chi connectivity index (χ1) is 9.60. The number of rotatable bonds is 4. The van der Waals surface area contributed by atoms with Crippen molar-refractivity contribution in [2.45, 2.75) is 13.0 Å². The molecule has 2 rings (SSSR count). The molecule has 0 bridgehead atoms. The number of hydrogen-bond acceptors (Lipinski definition) is 3. The highest BCUT2D eigenvalue weighted by Crippen LogP contribution is 2.22. The number of halogens is 3. The predicted octanol–water partition coefficient (Wildman–Crippen LogP) is 4.16. The molecule has 0 radical (unpaired) electrons. The molecular formula is C14H10ClF2N3. The summed E-state index contributed by atoms with van der Waals surface area (Å²) in [4.78, 5) is 4.02. The van der Waals surface area contributed by atoms with Crippen LogP contribution in [0.4, 0.5) is 14.6 Å². The summed E-state index contributed by atoms with van der Waals surface area (Å²) in [7, 11) is 0. The minimum atomic E-state index is -2.47. The van der Waals surface area contributed by atoms with Gasteiger partial charge in [-0.3, -0.25) is 0 Å². The van der Waals surface area contributed by atoms with Gasteiger partial charge in [-0.2, -0.15) is 5.26 Å². The van der Waals surface area contributed by atoms with Crippen molar-refractivity contribution in [2.24, 2.45) is 0 Å². The third-order valence-electron chi connectivity index (χ3n) is 2.66. The highest BCUT2D eigenvalue weighted by Gasteiger charge is 2.07. The summed E-state index contributed by atoms with van der Waals surface area (Å²) >= 11 is 5.97. The maximum atomic E-state index is 12.4. The molecule has 0 aliphatic heterocycles. The maximum Gasteiger partial charge on any atom is 0.263 e. The van der Waals surface area contributed by atoms with Crippen LogP contribution in [0.25, 0.3) is 0 Å². The summed E-state index contributed by atoms with van der Waals surface area (Å²) in [5.74, 6) is 0.448. The van der Waals surface area contributed by atoms with Crippen molar-refractivity contribution in [2.75, 3.05) is 5.32 Å². The van der Waals surface area contributed by atoms with Gasteiger partial charge in [0.05, 0.1) is 10.6 Å². The number of aromatic nitrogens is 1. The number of pyridine rings is 1. The van der Waals surface area contributed by atoms with E-state index in [0.717, 1.165) is 5.56 Å². The molecule has 0 atom stereocenters. The Hall–Kier alpha value is -2.19. The van der Waals surface area contributed by atoms with Crippen LogP contribution in [-0.2, 0) is 6.54 Å². The van der Waals surface area contributed by atoms with E-state index in [4.69, 9.17) is 16.9 Å². The molecule has 1 aromatic heterocycles. The SMILES string of the molecule is N#Cc1cnc(NCc2ccc(C(F)F)cc2)c(Cl)c1. The lowest BCUT2D eigenvalue weighted by Gasteiger charge is -2.08. The maximum absolute atomic E-state index is 12.4. The van der Waals surface area contributed by atoms with E-state index in [2.05, 4.69) is 10.3 Å². The van der Waals surface area contributed by atoms with Crippen LogP contribution >= 0.6 is 11.6 Å². The van der Waals surface area contributed by atoms with Crippen molar-refractivity contribution in [3.8, 4) is 6.07 Å². The zero-order valence-electron chi connectivity index (χ0n) is 10.3. The third-order valence-corrected chi connectivity index (χ3v) is 2.95. The minimum absolute atomic E-state index is 0.0109. The van der Waals surface area contributed by atoms with Gasteiger partial charge in [0.1, 0.15) is 11.9 Å². The fourth-order valence-corrected chi connectivity index (χ4v) is 1.83. The van der Waals surface area contributed by atoms with Gasteiger partial charge >= 0.3 is 0 Å². The van der Waals surface area contributed by atoms with Gasteiger partial charge < -0.3 is 5.32 Å². The summed E-state index contributed by atoms with van der Waals surface area (Å²) < 4.78 is 24.8. The molecule has 2 aromatic rings. The molecular weight excluding hydrogens is 284 g/mol. The first-order valence-electron chi connectivity index (χ1n) is 5.76. The van der Waals surface area contributed by atoms with Gasteiger partial charge in [-0.1, -0.05) is 35.9 Å². The summed E-state index contributed by atoms with van der Waals surface area (Å²) in [6, 6.07) is 9.45. The monoisotopic (exact) mass is 293 g/mol. The van der Waals surface area contributed by atoms with Crippen molar-refractivity contribution in [1.82, 2.24) is 4.98 Å². The number of hydrogen-bond donors (Lipinski definition) is 1. The lowest BCUT2D eigenvalue weighted by Crippen LogP contribution is -2.02. The number of alkyl halides is 2. The van der Waals surface area contributed by atoms with Crippen LogP contribution in [-0.4, -0.2) is 4.98 Å². The summed E-state index contributed by atoms with van der Waals surface area (Å²) in [5.41, 5.74) is 1.20. The summed E-state index contributed by atoms with van der Waals surface area (Å²) in [6.07, 6.45) is -1.06. The number of benzene rings is 1. The highest BCUT2D eigenvalue weighted by atomic mass is 35.5. The first kappa shape index (κ1) is 14.2. The van der Waals surface area contributed by atoms with Crippen LogP contribution in [0, 0.1) is 11.3 Å². The Balaban J connectivity index is 2.03. The lowest BCUT2D eigenvalue weighted by molar-refractivity contribution is 0.151.